The topological polar surface area (TPSA) is 60.9 Å². The maximum absolute atomic E-state index is 4.23. The summed E-state index contributed by atoms with van der Waals surface area (Å²) < 4.78 is 0. The second-order valence-electron chi connectivity index (χ2n) is 5.95. The maximum Gasteiger partial charge on any atom is 0.151 e. The largest absolute Gasteiger partial charge is 0.354 e. The fourth-order valence-electron chi connectivity index (χ4n) is 3.22. The van der Waals surface area contributed by atoms with Gasteiger partial charge in [-0.05, 0) is 24.1 Å². The molecule has 0 radical (unpaired) electrons. The van der Waals surface area contributed by atoms with Crippen molar-refractivity contribution >= 4 is 16.7 Å². The highest BCUT2D eigenvalue weighted by Gasteiger charge is 2.17. The van der Waals surface area contributed by atoms with Crippen LogP contribution in [0.25, 0.3) is 10.9 Å². The summed E-state index contributed by atoms with van der Waals surface area (Å²) in [5.41, 5.74) is 2.47. The average molecular weight is 308 g/mol. The molecule has 1 N–H and O–H groups in total. The van der Waals surface area contributed by atoms with E-state index in [1.165, 1.54) is 10.9 Å². The summed E-state index contributed by atoms with van der Waals surface area (Å²) in [5, 5.41) is 16.7. The lowest BCUT2D eigenvalue weighted by Gasteiger charge is -2.22. The molecule has 1 aliphatic heterocycles. The lowest BCUT2D eigenvalue weighted by molar-refractivity contribution is 0.286. The minimum atomic E-state index is 0.952. The molecular formula is C17H20N6. The highest BCUT2D eigenvalue weighted by atomic mass is 15.3. The zero-order valence-corrected chi connectivity index (χ0v) is 13.0. The smallest absolute Gasteiger partial charge is 0.151 e. The predicted octanol–water partition coefficient (Wildman–Crippen LogP) is 2.07. The van der Waals surface area contributed by atoms with Crippen molar-refractivity contribution in [1.29, 1.82) is 0 Å². The third-order valence-corrected chi connectivity index (χ3v) is 4.43. The quantitative estimate of drug-likeness (QED) is 0.802. The molecule has 0 saturated carbocycles. The number of aromatic nitrogens is 4. The molecule has 6 heteroatoms. The van der Waals surface area contributed by atoms with Crippen LogP contribution in [0.4, 0.5) is 5.82 Å². The number of benzene rings is 1. The lowest BCUT2D eigenvalue weighted by atomic mass is 10.1. The molecule has 0 amide bonds. The van der Waals surface area contributed by atoms with Crippen LogP contribution in [0.2, 0.25) is 0 Å². The molecule has 1 aromatic carbocycles. The SMILES string of the molecule is c1cnnc(N2CCCN(Cc3cccc4cn[nH]c34)CC2)c1. The number of para-hydroxylation sites is 1. The van der Waals surface area contributed by atoms with Crippen LogP contribution in [0, 0.1) is 0 Å². The molecule has 23 heavy (non-hydrogen) atoms. The van der Waals surface area contributed by atoms with E-state index in [2.05, 4.69) is 48.4 Å². The monoisotopic (exact) mass is 308 g/mol. The molecule has 3 aromatic rings. The molecule has 4 rings (SSSR count). The molecule has 0 bridgehead atoms. The van der Waals surface area contributed by atoms with Gasteiger partial charge >= 0.3 is 0 Å². The zero-order chi connectivity index (χ0) is 15.5. The van der Waals surface area contributed by atoms with Gasteiger partial charge in [0.15, 0.2) is 5.82 Å². The molecule has 0 spiro atoms. The molecule has 1 saturated heterocycles. The van der Waals surface area contributed by atoms with Gasteiger partial charge in [0.2, 0.25) is 0 Å². The Kier molecular flexibility index (Phi) is 3.90. The van der Waals surface area contributed by atoms with Crippen LogP contribution in [0.1, 0.15) is 12.0 Å². The van der Waals surface area contributed by atoms with E-state index in [0.29, 0.717) is 0 Å². The van der Waals surface area contributed by atoms with Crippen molar-refractivity contribution in [2.24, 2.45) is 0 Å². The minimum absolute atomic E-state index is 0.952. The van der Waals surface area contributed by atoms with Gasteiger partial charge in [0.05, 0.1) is 11.7 Å². The minimum Gasteiger partial charge on any atom is -0.354 e. The Morgan fingerprint density at radius 3 is 2.96 bits per heavy atom. The van der Waals surface area contributed by atoms with E-state index in [1.807, 2.05) is 18.3 Å². The van der Waals surface area contributed by atoms with Gasteiger partial charge in [-0.3, -0.25) is 10.00 Å². The van der Waals surface area contributed by atoms with E-state index < -0.39 is 0 Å². The van der Waals surface area contributed by atoms with Gasteiger partial charge in [0, 0.05) is 44.3 Å². The van der Waals surface area contributed by atoms with Crippen LogP contribution in [0.3, 0.4) is 0 Å². The van der Waals surface area contributed by atoms with Gasteiger partial charge < -0.3 is 4.90 Å². The molecule has 1 fully saturated rings. The first-order chi connectivity index (χ1) is 11.4. The van der Waals surface area contributed by atoms with Crippen LogP contribution < -0.4 is 4.90 Å². The number of nitrogens with one attached hydrogen (secondary N) is 1. The summed E-state index contributed by atoms with van der Waals surface area (Å²) in [6.07, 6.45) is 4.74. The first-order valence-corrected chi connectivity index (χ1v) is 8.06. The number of hydrogen-bond acceptors (Lipinski definition) is 5. The van der Waals surface area contributed by atoms with E-state index in [0.717, 1.165) is 50.5 Å². The second kappa shape index (κ2) is 6.34. The highest BCUT2D eigenvalue weighted by molar-refractivity contribution is 5.81. The molecule has 118 valence electrons. The number of nitrogens with zero attached hydrogens (tertiary/aromatic N) is 5. The molecule has 2 aromatic heterocycles. The molecular weight excluding hydrogens is 288 g/mol. The molecule has 0 unspecified atom stereocenters. The Morgan fingerprint density at radius 2 is 2.04 bits per heavy atom. The normalized spacial score (nSPS) is 16.6. The Hall–Kier alpha value is -2.47. The van der Waals surface area contributed by atoms with Gasteiger partial charge in [-0.15, -0.1) is 5.10 Å². The summed E-state index contributed by atoms with van der Waals surface area (Å²) in [5.74, 6) is 0.977. The van der Waals surface area contributed by atoms with Crippen molar-refractivity contribution < 1.29 is 0 Å². The Bertz CT molecular complexity index is 769. The summed E-state index contributed by atoms with van der Waals surface area (Å²) in [6.45, 7) is 5.09. The van der Waals surface area contributed by atoms with Crippen LogP contribution >= 0.6 is 0 Å². The summed E-state index contributed by atoms with van der Waals surface area (Å²) >= 11 is 0. The van der Waals surface area contributed by atoms with Gasteiger partial charge in [0.1, 0.15) is 0 Å². The van der Waals surface area contributed by atoms with Crippen LogP contribution in [-0.2, 0) is 6.54 Å². The number of hydrogen-bond donors (Lipinski definition) is 1. The molecule has 3 heterocycles. The number of aromatic amines is 1. The van der Waals surface area contributed by atoms with Crippen LogP contribution in [0.15, 0.2) is 42.7 Å². The Balaban J connectivity index is 1.46. The van der Waals surface area contributed by atoms with E-state index in [4.69, 9.17) is 0 Å². The zero-order valence-electron chi connectivity index (χ0n) is 13.0. The van der Waals surface area contributed by atoms with E-state index in [1.54, 1.807) is 6.20 Å². The highest BCUT2D eigenvalue weighted by Crippen LogP contribution is 2.19. The molecule has 0 atom stereocenters. The first-order valence-electron chi connectivity index (χ1n) is 8.06. The number of anilines is 1. The standard InChI is InChI=1S/C17H20N6/c1-4-14-12-19-21-17(14)15(5-1)13-22-8-3-9-23(11-10-22)16-6-2-7-18-20-16/h1-2,4-7,12H,3,8-11,13H2,(H,19,21). The van der Waals surface area contributed by atoms with Crippen LogP contribution in [-0.4, -0.2) is 51.5 Å². The van der Waals surface area contributed by atoms with E-state index >= 15 is 0 Å². The fourth-order valence-corrected chi connectivity index (χ4v) is 3.22. The molecule has 0 aliphatic carbocycles. The number of fused-ring (bicyclic) bond motifs is 1. The van der Waals surface area contributed by atoms with Crippen molar-refractivity contribution in [2.75, 3.05) is 31.1 Å². The predicted molar refractivity (Wildman–Crippen MR) is 90.2 cm³/mol. The van der Waals surface area contributed by atoms with Crippen molar-refractivity contribution in [3.63, 3.8) is 0 Å². The van der Waals surface area contributed by atoms with E-state index in [-0.39, 0.29) is 0 Å². The third kappa shape index (κ3) is 3.03. The van der Waals surface area contributed by atoms with Crippen molar-refractivity contribution in [1.82, 2.24) is 25.3 Å². The first kappa shape index (κ1) is 14.1. The van der Waals surface area contributed by atoms with Crippen molar-refractivity contribution in [2.45, 2.75) is 13.0 Å². The average Bonchev–Trinajstić information content (AvgIpc) is 2.96. The maximum atomic E-state index is 4.23. The Morgan fingerprint density at radius 1 is 1.04 bits per heavy atom. The van der Waals surface area contributed by atoms with Crippen molar-refractivity contribution in [3.8, 4) is 0 Å². The number of H-pyrrole nitrogens is 1. The van der Waals surface area contributed by atoms with Crippen molar-refractivity contribution in [3.05, 3.63) is 48.3 Å². The third-order valence-electron chi connectivity index (χ3n) is 4.43. The molecule has 6 nitrogen and oxygen atoms in total. The van der Waals surface area contributed by atoms with Crippen LogP contribution in [0.5, 0.6) is 0 Å². The van der Waals surface area contributed by atoms with Gasteiger partial charge in [0.25, 0.3) is 0 Å². The van der Waals surface area contributed by atoms with Gasteiger partial charge in [-0.1, -0.05) is 18.2 Å². The summed E-state index contributed by atoms with van der Waals surface area (Å²) in [4.78, 5) is 4.83. The van der Waals surface area contributed by atoms with Gasteiger partial charge in [-0.25, -0.2) is 0 Å². The fraction of sp³-hybridized carbons (Fsp3) is 0.353. The molecule has 1 aliphatic rings. The Labute approximate surface area is 135 Å². The number of rotatable bonds is 3. The lowest BCUT2D eigenvalue weighted by Crippen LogP contribution is -2.31. The summed E-state index contributed by atoms with van der Waals surface area (Å²) in [6, 6.07) is 10.4. The summed E-state index contributed by atoms with van der Waals surface area (Å²) in [7, 11) is 0. The van der Waals surface area contributed by atoms with Gasteiger partial charge in [-0.2, -0.15) is 10.2 Å². The van der Waals surface area contributed by atoms with E-state index in [9.17, 15) is 0 Å². The second-order valence-corrected chi connectivity index (χ2v) is 5.95.